The minimum absolute atomic E-state index is 0.115. The molecular formula is C13H12BrNO4. The molecule has 1 saturated heterocycles. The Balaban J connectivity index is 1.93. The first-order chi connectivity index (χ1) is 9.08. The van der Waals surface area contributed by atoms with E-state index in [1.165, 1.54) is 0 Å². The van der Waals surface area contributed by atoms with Crippen molar-refractivity contribution in [2.75, 3.05) is 0 Å². The number of nitrogens with one attached hydrogen (secondary N) is 1. The monoisotopic (exact) mass is 325 g/mol. The van der Waals surface area contributed by atoms with Crippen LogP contribution in [0.4, 0.5) is 0 Å². The molecule has 1 aliphatic rings. The van der Waals surface area contributed by atoms with Crippen LogP contribution in [0.1, 0.15) is 12.0 Å². The van der Waals surface area contributed by atoms with E-state index >= 15 is 0 Å². The second-order valence-electron chi connectivity index (χ2n) is 4.20. The van der Waals surface area contributed by atoms with Gasteiger partial charge in [0.2, 0.25) is 11.8 Å². The van der Waals surface area contributed by atoms with Gasteiger partial charge in [0.25, 0.3) is 0 Å². The van der Waals surface area contributed by atoms with Crippen molar-refractivity contribution in [2.45, 2.75) is 17.9 Å². The van der Waals surface area contributed by atoms with E-state index in [4.69, 9.17) is 4.74 Å². The normalized spacial score (nSPS) is 22.8. The minimum Gasteiger partial charge on any atom is -0.460 e. The van der Waals surface area contributed by atoms with E-state index in [1.807, 2.05) is 30.3 Å². The molecule has 6 heteroatoms. The molecule has 1 aliphatic heterocycles. The van der Waals surface area contributed by atoms with Crippen LogP contribution in [0.5, 0.6) is 0 Å². The number of halogens is 1. The first kappa shape index (κ1) is 13.7. The van der Waals surface area contributed by atoms with Gasteiger partial charge in [-0.25, -0.2) is 0 Å². The van der Waals surface area contributed by atoms with E-state index in [9.17, 15) is 14.4 Å². The Morgan fingerprint density at radius 3 is 2.63 bits per heavy atom. The molecule has 0 aromatic heterocycles. The van der Waals surface area contributed by atoms with Crippen molar-refractivity contribution in [3.8, 4) is 0 Å². The quantitative estimate of drug-likeness (QED) is 0.392. The van der Waals surface area contributed by atoms with Crippen molar-refractivity contribution >= 4 is 33.7 Å². The summed E-state index contributed by atoms with van der Waals surface area (Å²) in [7, 11) is 0. The van der Waals surface area contributed by atoms with Crippen LogP contribution < -0.4 is 5.32 Å². The molecule has 0 spiro atoms. The lowest BCUT2D eigenvalue weighted by atomic mass is 9.98. The highest BCUT2D eigenvalue weighted by Crippen LogP contribution is 2.20. The minimum atomic E-state index is -0.939. The Bertz CT molecular complexity index is 503. The van der Waals surface area contributed by atoms with Crippen LogP contribution in [0.15, 0.2) is 30.3 Å². The number of amides is 2. The van der Waals surface area contributed by atoms with Gasteiger partial charge in [0.05, 0.1) is 4.83 Å². The fraction of sp³-hybridized carbons (Fsp3) is 0.308. The van der Waals surface area contributed by atoms with Gasteiger partial charge in [0.1, 0.15) is 12.5 Å². The molecule has 0 aliphatic carbocycles. The molecule has 100 valence electrons. The lowest BCUT2D eigenvalue weighted by molar-refractivity contribution is -0.155. The zero-order valence-corrected chi connectivity index (χ0v) is 11.6. The molecule has 0 bridgehead atoms. The van der Waals surface area contributed by atoms with Gasteiger partial charge < -0.3 is 4.74 Å². The number of ether oxygens (including phenoxy) is 1. The predicted molar refractivity (Wildman–Crippen MR) is 70.2 cm³/mol. The fourth-order valence-corrected chi connectivity index (χ4v) is 2.23. The fourth-order valence-electron chi connectivity index (χ4n) is 1.74. The van der Waals surface area contributed by atoms with Crippen molar-refractivity contribution in [2.24, 2.45) is 5.92 Å². The van der Waals surface area contributed by atoms with Crippen LogP contribution in [0.2, 0.25) is 0 Å². The van der Waals surface area contributed by atoms with Crippen LogP contribution in [0.25, 0.3) is 0 Å². The smallest absolute Gasteiger partial charge is 0.318 e. The molecule has 0 radical (unpaired) electrons. The number of benzene rings is 1. The predicted octanol–water partition coefficient (Wildman–Crippen LogP) is 1.16. The third-order valence-electron chi connectivity index (χ3n) is 2.80. The summed E-state index contributed by atoms with van der Waals surface area (Å²) >= 11 is 3.11. The molecule has 2 unspecified atom stereocenters. The maximum Gasteiger partial charge on any atom is 0.318 e. The summed E-state index contributed by atoms with van der Waals surface area (Å²) in [6.07, 6.45) is 0.123. The Labute approximate surface area is 118 Å². The third kappa shape index (κ3) is 3.41. The topological polar surface area (TPSA) is 72.5 Å². The number of alkyl halides is 1. The van der Waals surface area contributed by atoms with E-state index in [2.05, 4.69) is 21.2 Å². The van der Waals surface area contributed by atoms with Gasteiger partial charge in [-0.15, -0.1) is 0 Å². The summed E-state index contributed by atoms with van der Waals surface area (Å²) in [6, 6.07) is 9.18. The molecule has 19 heavy (non-hydrogen) atoms. The molecular weight excluding hydrogens is 314 g/mol. The lowest BCUT2D eigenvalue weighted by Crippen LogP contribution is -2.49. The molecule has 2 amide bonds. The Morgan fingerprint density at radius 1 is 1.26 bits per heavy atom. The van der Waals surface area contributed by atoms with Gasteiger partial charge in [-0.3, -0.25) is 19.7 Å². The summed E-state index contributed by atoms with van der Waals surface area (Å²) in [5.41, 5.74) is 0.846. The average Bonchev–Trinajstić information content (AvgIpc) is 2.41. The number of esters is 1. The van der Waals surface area contributed by atoms with Crippen molar-refractivity contribution in [1.29, 1.82) is 0 Å². The van der Waals surface area contributed by atoms with Crippen LogP contribution >= 0.6 is 15.9 Å². The molecule has 1 N–H and O–H groups in total. The number of carbonyl (C=O) groups is 3. The number of imide groups is 1. The van der Waals surface area contributed by atoms with E-state index in [0.717, 1.165) is 5.56 Å². The van der Waals surface area contributed by atoms with Gasteiger partial charge in [-0.1, -0.05) is 46.3 Å². The van der Waals surface area contributed by atoms with Gasteiger partial charge in [-0.05, 0) is 12.0 Å². The van der Waals surface area contributed by atoms with Crippen LogP contribution in [0.3, 0.4) is 0 Å². The number of hydrogen-bond donors (Lipinski definition) is 1. The van der Waals surface area contributed by atoms with Crippen molar-refractivity contribution < 1.29 is 19.1 Å². The number of rotatable bonds is 3. The zero-order chi connectivity index (χ0) is 13.8. The molecule has 1 aromatic rings. The van der Waals surface area contributed by atoms with Crippen LogP contribution in [-0.4, -0.2) is 22.6 Å². The maximum absolute atomic E-state index is 11.8. The largest absolute Gasteiger partial charge is 0.460 e. The molecule has 1 aromatic carbocycles. The van der Waals surface area contributed by atoms with Crippen LogP contribution in [-0.2, 0) is 25.7 Å². The SMILES string of the molecule is O=C1NC(=O)C(C(=O)OCc2ccccc2)CC1Br. The Hall–Kier alpha value is -1.69. The van der Waals surface area contributed by atoms with Crippen molar-refractivity contribution in [3.05, 3.63) is 35.9 Å². The first-order valence-electron chi connectivity index (χ1n) is 5.77. The summed E-state index contributed by atoms with van der Waals surface area (Å²) in [6.45, 7) is 0.115. The number of piperidine rings is 1. The standard InChI is InChI=1S/C13H12BrNO4/c14-10-6-9(11(16)15-12(10)17)13(18)19-7-8-4-2-1-3-5-8/h1-5,9-10H,6-7H2,(H,15,16,17). The Morgan fingerprint density at radius 2 is 1.95 bits per heavy atom. The summed E-state index contributed by atoms with van der Waals surface area (Å²) in [5.74, 6) is -2.57. The molecule has 1 fully saturated rings. The third-order valence-corrected chi connectivity index (χ3v) is 3.59. The van der Waals surface area contributed by atoms with E-state index in [1.54, 1.807) is 0 Å². The van der Waals surface area contributed by atoms with Crippen molar-refractivity contribution in [1.82, 2.24) is 5.32 Å². The summed E-state index contributed by atoms with van der Waals surface area (Å²) in [5, 5.41) is 2.13. The molecule has 5 nitrogen and oxygen atoms in total. The maximum atomic E-state index is 11.8. The highest BCUT2D eigenvalue weighted by molar-refractivity contribution is 9.10. The van der Waals surface area contributed by atoms with E-state index in [-0.39, 0.29) is 13.0 Å². The average molecular weight is 326 g/mol. The van der Waals surface area contributed by atoms with Gasteiger partial charge in [0.15, 0.2) is 0 Å². The Kier molecular flexibility index (Phi) is 4.31. The highest BCUT2D eigenvalue weighted by Gasteiger charge is 2.38. The molecule has 2 atom stereocenters. The lowest BCUT2D eigenvalue weighted by Gasteiger charge is -2.22. The summed E-state index contributed by atoms with van der Waals surface area (Å²) < 4.78 is 5.09. The van der Waals surface area contributed by atoms with Gasteiger partial charge in [-0.2, -0.15) is 0 Å². The van der Waals surface area contributed by atoms with Crippen molar-refractivity contribution in [3.63, 3.8) is 0 Å². The van der Waals surface area contributed by atoms with Gasteiger partial charge >= 0.3 is 5.97 Å². The number of hydrogen-bond acceptors (Lipinski definition) is 4. The first-order valence-corrected chi connectivity index (χ1v) is 6.69. The molecule has 1 heterocycles. The second-order valence-corrected chi connectivity index (χ2v) is 5.31. The molecule has 2 rings (SSSR count). The zero-order valence-electron chi connectivity index (χ0n) is 9.97. The summed E-state index contributed by atoms with van der Waals surface area (Å²) in [4.78, 5) is 34.0. The van der Waals surface area contributed by atoms with Gasteiger partial charge in [0, 0.05) is 0 Å². The molecule has 0 saturated carbocycles. The van der Waals surface area contributed by atoms with Crippen LogP contribution in [0, 0.1) is 5.92 Å². The highest BCUT2D eigenvalue weighted by atomic mass is 79.9. The van der Waals surface area contributed by atoms with E-state index < -0.39 is 28.5 Å². The number of carbonyl (C=O) groups excluding carboxylic acids is 3. The second kappa shape index (κ2) is 5.97. The van der Waals surface area contributed by atoms with E-state index in [0.29, 0.717) is 0 Å².